The standard InChI is InChI=1S/C12H18BrClN2/c1-9(2)16-7-6-15-8-10-4-3-5-11(13)12(10)14/h3-5,9,15-16H,6-8H2,1-2H3. The number of rotatable bonds is 6. The van der Waals surface area contributed by atoms with E-state index in [1.807, 2.05) is 18.2 Å². The average molecular weight is 306 g/mol. The van der Waals surface area contributed by atoms with E-state index >= 15 is 0 Å². The van der Waals surface area contributed by atoms with Crippen molar-refractivity contribution in [1.29, 1.82) is 0 Å². The number of nitrogens with one attached hydrogen (secondary N) is 2. The minimum atomic E-state index is 0.538. The normalized spacial score (nSPS) is 11.1. The monoisotopic (exact) mass is 304 g/mol. The molecule has 0 unspecified atom stereocenters. The third kappa shape index (κ3) is 4.83. The van der Waals surface area contributed by atoms with Crippen molar-refractivity contribution in [2.75, 3.05) is 13.1 Å². The van der Waals surface area contributed by atoms with Crippen LogP contribution in [0.4, 0.5) is 0 Å². The Balaban J connectivity index is 2.29. The first-order valence-corrected chi connectivity index (χ1v) is 6.65. The zero-order valence-electron chi connectivity index (χ0n) is 9.69. The molecular weight excluding hydrogens is 288 g/mol. The highest BCUT2D eigenvalue weighted by Crippen LogP contribution is 2.25. The van der Waals surface area contributed by atoms with E-state index < -0.39 is 0 Å². The molecule has 0 aliphatic carbocycles. The summed E-state index contributed by atoms with van der Waals surface area (Å²) in [4.78, 5) is 0. The summed E-state index contributed by atoms with van der Waals surface area (Å²) in [6, 6.07) is 6.53. The predicted octanol–water partition coefficient (Wildman–Crippen LogP) is 3.19. The number of hydrogen-bond acceptors (Lipinski definition) is 2. The molecule has 0 aliphatic heterocycles. The molecule has 90 valence electrons. The molecule has 0 aliphatic rings. The zero-order valence-corrected chi connectivity index (χ0v) is 12.0. The van der Waals surface area contributed by atoms with E-state index in [1.165, 1.54) is 0 Å². The minimum absolute atomic E-state index is 0.538. The van der Waals surface area contributed by atoms with Crippen LogP contribution in [0.5, 0.6) is 0 Å². The van der Waals surface area contributed by atoms with Crippen LogP contribution >= 0.6 is 27.5 Å². The average Bonchev–Trinajstić information content (AvgIpc) is 2.23. The van der Waals surface area contributed by atoms with Gasteiger partial charge in [0.25, 0.3) is 0 Å². The smallest absolute Gasteiger partial charge is 0.0592 e. The second-order valence-electron chi connectivity index (χ2n) is 4.00. The van der Waals surface area contributed by atoms with Crippen molar-refractivity contribution in [3.63, 3.8) is 0 Å². The van der Waals surface area contributed by atoms with Crippen molar-refractivity contribution in [3.8, 4) is 0 Å². The van der Waals surface area contributed by atoms with Crippen LogP contribution in [0, 0.1) is 0 Å². The molecule has 0 radical (unpaired) electrons. The van der Waals surface area contributed by atoms with Gasteiger partial charge in [0.1, 0.15) is 0 Å². The Morgan fingerprint density at radius 2 is 2.06 bits per heavy atom. The van der Waals surface area contributed by atoms with Gasteiger partial charge in [0, 0.05) is 30.1 Å². The maximum atomic E-state index is 6.15. The van der Waals surface area contributed by atoms with Gasteiger partial charge in [-0.15, -0.1) is 0 Å². The van der Waals surface area contributed by atoms with Crippen molar-refractivity contribution >= 4 is 27.5 Å². The van der Waals surface area contributed by atoms with Crippen LogP contribution in [0.1, 0.15) is 19.4 Å². The van der Waals surface area contributed by atoms with Gasteiger partial charge < -0.3 is 10.6 Å². The Hall–Kier alpha value is -0.0900. The molecule has 0 aromatic heterocycles. The predicted molar refractivity (Wildman–Crippen MR) is 74.0 cm³/mol. The van der Waals surface area contributed by atoms with Gasteiger partial charge in [-0.1, -0.05) is 37.6 Å². The first kappa shape index (κ1) is 14.0. The topological polar surface area (TPSA) is 24.1 Å². The van der Waals surface area contributed by atoms with Gasteiger partial charge >= 0.3 is 0 Å². The second-order valence-corrected chi connectivity index (χ2v) is 5.23. The zero-order chi connectivity index (χ0) is 12.0. The first-order valence-electron chi connectivity index (χ1n) is 5.48. The van der Waals surface area contributed by atoms with Gasteiger partial charge in [0.05, 0.1) is 5.02 Å². The van der Waals surface area contributed by atoms with Crippen molar-refractivity contribution in [1.82, 2.24) is 10.6 Å². The molecule has 2 nitrogen and oxygen atoms in total. The highest BCUT2D eigenvalue weighted by molar-refractivity contribution is 9.10. The summed E-state index contributed by atoms with van der Waals surface area (Å²) in [6.45, 7) is 7.01. The molecule has 0 saturated carbocycles. The molecule has 0 saturated heterocycles. The quantitative estimate of drug-likeness (QED) is 0.789. The van der Waals surface area contributed by atoms with Gasteiger partial charge in [-0.05, 0) is 27.6 Å². The Bertz CT molecular complexity index is 329. The summed E-state index contributed by atoms with van der Waals surface area (Å²) in [6.07, 6.45) is 0. The highest BCUT2D eigenvalue weighted by Gasteiger charge is 2.02. The van der Waals surface area contributed by atoms with Gasteiger partial charge in [-0.3, -0.25) is 0 Å². The van der Waals surface area contributed by atoms with Crippen LogP contribution in [0.3, 0.4) is 0 Å². The fourth-order valence-electron chi connectivity index (χ4n) is 1.36. The van der Waals surface area contributed by atoms with Gasteiger partial charge in [0.15, 0.2) is 0 Å². The summed E-state index contributed by atoms with van der Waals surface area (Å²) >= 11 is 9.57. The molecule has 1 aromatic carbocycles. The summed E-state index contributed by atoms with van der Waals surface area (Å²) < 4.78 is 0.953. The molecule has 1 rings (SSSR count). The van der Waals surface area contributed by atoms with Crippen molar-refractivity contribution in [3.05, 3.63) is 33.3 Å². The maximum Gasteiger partial charge on any atom is 0.0592 e. The number of halogens is 2. The van der Waals surface area contributed by atoms with E-state index in [0.717, 1.165) is 34.7 Å². The summed E-state index contributed by atoms with van der Waals surface area (Å²) in [5.41, 5.74) is 1.13. The van der Waals surface area contributed by atoms with E-state index in [4.69, 9.17) is 11.6 Å². The summed E-state index contributed by atoms with van der Waals surface area (Å²) in [5.74, 6) is 0. The lowest BCUT2D eigenvalue weighted by molar-refractivity contribution is 0.555. The molecule has 0 heterocycles. The number of hydrogen-bond donors (Lipinski definition) is 2. The SMILES string of the molecule is CC(C)NCCNCc1cccc(Br)c1Cl. The molecule has 4 heteroatoms. The molecule has 0 amide bonds. The molecule has 16 heavy (non-hydrogen) atoms. The van der Waals surface area contributed by atoms with Crippen molar-refractivity contribution < 1.29 is 0 Å². The molecule has 1 aromatic rings. The molecule has 0 bridgehead atoms. The van der Waals surface area contributed by atoms with Gasteiger partial charge in [-0.25, -0.2) is 0 Å². The van der Waals surface area contributed by atoms with Crippen molar-refractivity contribution in [2.45, 2.75) is 26.4 Å². The summed E-state index contributed by atoms with van der Waals surface area (Å²) in [5, 5.41) is 7.51. The van der Waals surface area contributed by atoms with E-state index in [1.54, 1.807) is 0 Å². The Kier molecular flexibility index (Phi) is 6.36. The van der Waals surface area contributed by atoms with Gasteiger partial charge in [-0.2, -0.15) is 0 Å². The lowest BCUT2D eigenvalue weighted by Gasteiger charge is -2.10. The van der Waals surface area contributed by atoms with Gasteiger partial charge in [0.2, 0.25) is 0 Å². The van der Waals surface area contributed by atoms with Crippen LogP contribution in [-0.2, 0) is 6.54 Å². The fourth-order valence-corrected chi connectivity index (χ4v) is 1.96. The van der Waals surface area contributed by atoms with E-state index in [2.05, 4.69) is 40.4 Å². The Morgan fingerprint density at radius 1 is 1.31 bits per heavy atom. The number of benzene rings is 1. The fraction of sp³-hybridized carbons (Fsp3) is 0.500. The minimum Gasteiger partial charge on any atom is -0.313 e. The highest BCUT2D eigenvalue weighted by atomic mass is 79.9. The molecule has 2 N–H and O–H groups in total. The molecule has 0 fully saturated rings. The van der Waals surface area contributed by atoms with Crippen LogP contribution < -0.4 is 10.6 Å². The molecular formula is C12H18BrClN2. The van der Waals surface area contributed by atoms with Crippen LogP contribution in [0.2, 0.25) is 5.02 Å². The van der Waals surface area contributed by atoms with Crippen LogP contribution in [0.15, 0.2) is 22.7 Å². The van der Waals surface area contributed by atoms with Crippen molar-refractivity contribution in [2.24, 2.45) is 0 Å². The summed E-state index contributed by atoms with van der Waals surface area (Å²) in [7, 11) is 0. The lowest BCUT2D eigenvalue weighted by atomic mass is 10.2. The maximum absolute atomic E-state index is 6.15. The molecule has 0 atom stereocenters. The van der Waals surface area contributed by atoms with Crippen LogP contribution in [-0.4, -0.2) is 19.1 Å². The van der Waals surface area contributed by atoms with E-state index in [0.29, 0.717) is 6.04 Å². The first-order chi connectivity index (χ1) is 7.61. The lowest BCUT2D eigenvalue weighted by Crippen LogP contribution is -2.31. The third-order valence-electron chi connectivity index (χ3n) is 2.20. The Labute approximate surface area is 111 Å². The Morgan fingerprint density at radius 3 is 2.75 bits per heavy atom. The van der Waals surface area contributed by atoms with E-state index in [9.17, 15) is 0 Å². The third-order valence-corrected chi connectivity index (χ3v) is 3.54. The largest absolute Gasteiger partial charge is 0.313 e. The molecule has 0 spiro atoms. The second kappa shape index (κ2) is 7.28. The van der Waals surface area contributed by atoms with E-state index in [-0.39, 0.29) is 0 Å². The van der Waals surface area contributed by atoms with Crippen LogP contribution in [0.25, 0.3) is 0 Å².